The van der Waals surface area contributed by atoms with Crippen LogP contribution in [0.5, 0.6) is 0 Å². The molecule has 2 fully saturated rings. The number of aryl methyl sites for hydroxylation is 2. The summed E-state index contributed by atoms with van der Waals surface area (Å²) in [5.41, 5.74) is 0.973. The fourth-order valence-electron chi connectivity index (χ4n) is 4.02. The third-order valence-electron chi connectivity index (χ3n) is 6.35. The molecule has 1 atom stereocenters. The zero-order chi connectivity index (χ0) is 23.6. The van der Waals surface area contributed by atoms with Gasteiger partial charge in [0.1, 0.15) is 11.9 Å². The van der Waals surface area contributed by atoms with Crippen LogP contribution < -0.4 is 10.6 Å². The zero-order valence-corrected chi connectivity index (χ0v) is 19.8. The smallest absolute Gasteiger partial charge is 0.262 e. The lowest BCUT2D eigenvalue weighted by Gasteiger charge is -2.31. The van der Waals surface area contributed by atoms with Crippen LogP contribution in [0, 0.1) is 12.8 Å². The predicted molar refractivity (Wildman–Crippen MR) is 123 cm³/mol. The van der Waals surface area contributed by atoms with E-state index >= 15 is 0 Å². The van der Waals surface area contributed by atoms with Gasteiger partial charge in [-0.05, 0) is 38.2 Å². The number of hydrogen-bond donors (Lipinski definition) is 2. The second-order valence-corrected chi connectivity index (χ2v) is 10.8. The second-order valence-electron chi connectivity index (χ2n) is 8.95. The van der Waals surface area contributed by atoms with Crippen molar-refractivity contribution in [2.24, 2.45) is 13.0 Å². The first-order valence-corrected chi connectivity index (χ1v) is 12.8. The van der Waals surface area contributed by atoms with E-state index in [0.29, 0.717) is 25.1 Å². The van der Waals surface area contributed by atoms with Crippen molar-refractivity contribution in [3.8, 4) is 0 Å². The molecule has 4 rings (SSSR count). The van der Waals surface area contributed by atoms with Crippen LogP contribution in [-0.4, -0.2) is 59.3 Å². The van der Waals surface area contributed by atoms with E-state index in [9.17, 15) is 18.0 Å². The molecular weight excluding hydrogens is 442 g/mol. The highest BCUT2D eigenvalue weighted by Crippen LogP contribution is 2.24. The number of carbonyl (C=O) groups excluding carboxylic acids is 2. The number of nitrogens with one attached hydrogen (secondary N) is 2. The largest absolute Gasteiger partial charge is 0.352 e. The maximum absolute atomic E-state index is 13.0. The molecule has 33 heavy (non-hydrogen) atoms. The number of rotatable bonds is 8. The van der Waals surface area contributed by atoms with E-state index in [-0.39, 0.29) is 41.9 Å². The normalized spacial score (nSPS) is 18.6. The summed E-state index contributed by atoms with van der Waals surface area (Å²) >= 11 is 0. The molecule has 1 aliphatic heterocycles. The molecular formula is C23H31N5O4S. The van der Waals surface area contributed by atoms with Crippen LogP contribution in [0.15, 0.2) is 41.6 Å². The van der Waals surface area contributed by atoms with Crippen molar-refractivity contribution in [3.63, 3.8) is 0 Å². The van der Waals surface area contributed by atoms with Gasteiger partial charge in [-0.2, -0.15) is 4.31 Å². The van der Waals surface area contributed by atoms with Gasteiger partial charge in [0.05, 0.1) is 0 Å². The van der Waals surface area contributed by atoms with Crippen LogP contribution in [-0.2, 0) is 33.1 Å². The molecule has 2 N–H and O–H groups in total. The molecule has 0 spiro atoms. The van der Waals surface area contributed by atoms with Gasteiger partial charge in [-0.25, -0.2) is 13.4 Å². The maximum atomic E-state index is 13.0. The first kappa shape index (κ1) is 23.4. The highest BCUT2D eigenvalue weighted by atomic mass is 32.2. The van der Waals surface area contributed by atoms with Gasteiger partial charge in [0, 0.05) is 44.7 Å². The van der Waals surface area contributed by atoms with Gasteiger partial charge < -0.3 is 15.2 Å². The first-order valence-electron chi connectivity index (χ1n) is 11.4. The van der Waals surface area contributed by atoms with E-state index in [1.54, 1.807) is 18.5 Å². The molecule has 178 valence electrons. The van der Waals surface area contributed by atoms with Gasteiger partial charge in [-0.15, -0.1) is 0 Å². The Kier molecular flexibility index (Phi) is 6.85. The number of carbonyl (C=O) groups is 2. The number of hydrogen-bond acceptors (Lipinski definition) is 5. The van der Waals surface area contributed by atoms with Gasteiger partial charge in [0.15, 0.2) is 5.03 Å². The highest BCUT2D eigenvalue weighted by Gasteiger charge is 2.35. The van der Waals surface area contributed by atoms with Crippen molar-refractivity contribution in [1.82, 2.24) is 24.5 Å². The second kappa shape index (κ2) is 9.64. The molecule has 1 aromatic heterocycles. The minimum atomic E-state index is -3.69. The predicted octanol–water partition coefficient (Wildman–Crippen LogP) is 1.14. The molecule has 2 amide bonds. The average Bonchev–Trinajstić information content (AvgIpc) is 3.55. The highest BCUT2D eigenvalue weighted by molar-refractivity contribution is 7.89. The van der Waals surface area contributed by atoms with Gasteiger partial charge >= 0.3 is 0 Å². The average molecular weight is 474 g/mol. The van der Waals surface area contributed by atoms with E-state index in [1.807, 2.05) is 30.3 Å². The number of piperidine rings is 1. The van der Waals surface area contributed by atoms with Crippen molar-refractivity contribution < 1.29 is 18.0 Å². The standard InChI is InChI=1S/C23H31N5O4S/c1-16-24-21(15-27(16)2)33(31,32)28-12-10-18(11-13-28)22(29)26-20(23(30)25-19-8-9-19)14-17-6-4-3-5-7-17/h3-7,15,18-20H,8-14H2,1-2H3,(H,25,30)(H,26,29). The van der Waals surface area contributed by atoms with Crippen molar-refractivity contribution >= 4 is 21.8 Å². The number of sulfonamides is 1. The number of amides is 2. The SMILES string of the molecule is Cc1nc(S(=O)(=O)N2CCC(C(=O)NC(Cc3ccccc3)C(=O)NC3CC3)CC2)cn1C. The molecule has 1 saturated heterocycles. The Morgan fingerprint density at radius 2 is 1.79 bits per heavy atom. The van der Waals surface area contributed by atoms with Gasteiger partial charge in [-0.3, -0.25) is 9.59 Å². The third-order valence-corrected chi connectivity index (χ3v) is 8.13. The summed E-state index contributed by atoms with van der Waals surface area (Å²) < 4.78 is 28.9. The van der Waals surface area contributed by atoms with E-state index in [4.69, 9.17) is 0 Å². The van der Waals surface area contributed by atoms with Crippen molar-refractivity contribution in [2.45, 2.75) is 56.1 Å². The van der Waals surface area contributed by atoms with E-state index in [1.165, 1.54) is 10.5 Å². The molecule has 1 aromatic carbocycles. The number of benzene rings is 1. The molecule has 2 aromatic rings. The maximum Gasteiger partial charge on any atom is 0.262 e. The summed E-state index contributed by atoms with van der Waals surface area (Å²) in [6.45, 7) is 2.24. The van der Waals surface area contributed by atoms with E-state index in [0.717, 1.165) is 18.4 Å². The molecule has 1 saturated carbocycles. The Morgan fingerprint density at radius 3 is 2.36 bits per heavy atom. The van der Waals surface area contributed by atoms with Crippen LogP contribution in [0.4, 0.5) is 0 Å². The summed E-state index contributed by atoms with van der Waals surface area (Å²) in [5.74, 6) is -0.0847. The minimum absolute atomic E-state index is 0.0325. The Morgan fingerprint density at radius 1 is 1.12 bits per heavy atom. The molecule has 0 radical (unpaired) electrons. The molecule has 0 bridgehead atoms. The fraction of sp³-hybridized carbons (Fsp3) is 0.522. The quantitative estimate of drug-likeness (QED) is 0.597. The Bertz CT molecular complexity index is 1080. The summed E-state index contributed by atoms with van der Waals surface area (Å²) in [4.78, 5) is 29.9. The van der Waals surface area contributed by atoms with Crippen LogP contribution in [0.1, 0.15) is 37.1 Å². The Hall–Kier alpha value is -2.72. The lowest BCUT2D eigenvalue weighted by molar-refractivity contribution is -0.131. The Labute approximate surface area is 194 Å². The zero-order valence-electron chi connectivity index (χ0n) is 19.0. The number of nitrogens with zero attached hydrogens (tertiary/aromatic N) is 3. The fourth-order valence-corrected chi connectivity index (χ4v) is 5.51. The molecule has 1 aliphatic carbocycles. The van der Waals surface area contributed by atoms with Crippen LogP contribution in [0.2, 0.25) is 0 Å². The van der Waals surface area contributed by atoms with Gasteiger partial charge in [0.25, 0.3) is 10.0 Å². The van der Waals surface area contributed by atoms with E-state index in [2.05, 4.69) is 15.6 Å². The molecule has 2 aliphatic rings. The molecule has 10 heteroatoms. The Balaban J connectivity index is 1.37. The number of imidazole rings is 1. The lowest BCUT2D eigenvalue weighted by atomic mass is 9.96. The third kappa shape index (κ3) is 5.62. The summed E-state index contributed by atoms with van der Waals surface area (Å²) in [6.07, 6.45) is 4.67. The number of aromatic nitrogens is 2. The topological polar surface area (TPSA) is 113 Å². The van der Waals surface area contributed by atoms with Crippen LogP contribution in [0.25, 0.3) is 0 Å². The van der Waals surface area contributed by atoms with Crippen molar-refractivity contribution in [3.05, 3.63) is 47.9 Å². The molecule has 1 unspecified atom stereocenters. The minimum Gasteiger partial charge on any atom is -0.352 e. The first-order chi connectivity index (χ1) is 15.7. The van der Waals surface area contributed by atoms with Gasteiger partial charge in [-0.1, -0.05) is 30.3 Å². The van der Waals surface area contributed by atoms with Crippen LogP contribution >= 0.6 is 0 Å². The summed E-state index contributed by atoms with van der Waals surface area (Å²) in [7, 11) is -1.94. The molecule has 2 heterocycles. The monoisotopic (exact) mass is 473 g/mol. The summed E-state index contributed by atoms with van der Waals surface area (Å²) in [6, 6.07) is 9.15. The van der Waals surface area contributed by atoms with Crippen molar-refractivity contribution in [1.29, 1.82) is 0 Å². The van der Waals surface area contributed by atoms with Crippen LogP contribution in [0.3, 0.4) is 0 Å². The van der Waals surface area contributed by atoms with Crippen molar-refractivity contribution in [2.75, 3.05) is 13.1 Å². The molecule has 9 nitrogen and oxygen atoms in total. The van der Waals surface area contributed by atoms with Gasteiger partial charge in [0.2, 0.25) is 11.8 Å². The lowest BCUT2D eigenvalue weighted by Crippen LogP contribution is -2.51. The summed E-state index contributed by atoms with van der Waals surface area (Å²) in [5, 5.41) is 5.95. The van der Waals surface area contributed by atoms with E-state index < -0.39 is 16.1 Å².